The van der Waals surface area contributed by atoms with E-state index in [0.717, 1.165) is 0 Å². The Morgan fingerprint density at radius 3 is 1.25 bits per heavy atom. The van der Waals surface area contributed by atoms with Gasteiger partial charge in [-0.25, -0.2) is 9.97 Å². The monoisotopic (exact) mass is 864 g/mol. The van der Waals surface area contributed by atoms with E-state index >= 15 is 0 Å². The SMILES string of the molecule is COc1ccc(CS(=O)c2nc3cc(OC(F)F)ccc3[n-]2)nc1OC.COc1ccc(CS(=O)c2nc3cc(OC(F)F)ccc3[n-]2)nc1OC.O.O.O.[Na+].[Na+]. The summed E-state index contributed by atoms with van der Waals surface area (Å²) in [5.74, 6) is 1.55. The molecule has 4 heterocycles. The number of fused-ring (bicyclic) bond motifs is 2. The number of imidazole rings is 2. The average molecular weight is 865 g/mol. The van der Waals surface area contributed by atoms with E-state index in [1.807, 2.05) is 0 Å². The molecule has 0 radical (unpaired) electrons. The second-order valence-corrected chi connectivity index (χ2v) is 12.8. The van der Waals surface area contributed by atoms with E-state index in [4.69, 9.17) is 18.9 Å². The molecule has 0 aliphatic heterocycles. The molecule has 300 valence electrons. The number of hydrogen-bond donors (Lipinski definition) is 0. The molecule has 6 N–H and O–H groups in total. The molecular formula is C32H34F4N6Na2O11S2. The van der Waals surface area contributed by atoms with Crippen molar-refractivity contribution >= 4 is 43.7 Å². The van der Waals surface area contributed by atoms with Crippen LogP contribution in [0.3, 0.4) is 0 Å². The van der Waals surface area contributed by atoms with Crippen LogP contribution in [-0.4, -0.2) is 86.4 Å². The summed E-state index contributed by atoms with van der Waals surface area (Å²) >= 11 is 0. The maximum atomic E-state index is 12.5. The summed E-state index contributed by atoms with van der Waals surface area (Å²) in [7, 11) is 2.75. The fraction of sp³-hybridized carbons (Fsp3) is 0.250. The molecule has 0 amide bonds. The Balaban J connectivity index is 0.00000101. The van der Waals surface area contributed by atoms with Crippen molar-refractivity contribution in [3.63, 3.8) is 0 Å². The van der Waals surface area contributed by atoms with Crippen molar-refractivity contribution in [2.45, 2.75) is 35.0 Å². The minimum atomic E-state index is -2.93. The summed E-state index contributed by atoms with van der Waals surface area (Å²) in [4.78, 5) is 25.1. The second-order valence-electron chi connectivity index (χ2n) is 10.1. The zero-order valence-electron chi connectivity index (χ0n) is 31.1. The van der Waals surface area contributed by atoms with Crippen LogP contribution in [0, 0.1) is 0 Å². The van der Waals surface area contributed by atoms with Gasteiger partial charge < -0.3 is 64.8 Å². The molecule has 0 aliphatic rings. The number of nitrogens with zero attached hydrogens (tertiary/aromatic N) is 6. The third-order valence-corrected chi connectivity index (χ3v) is 9.06. The summed E-state index contributed by atoms with van der Waals surface area (Å²) in [5.41, 5.74) is 2.55. The molecule has 6 rings (SSSR count). The van der Waals surface area contributed by atoms with E-state index in [1.165, 1.54) is 64.8 Å². The van der Waals surface area contributed by atoms with Crippen molar-refractivity contribution in [3.8, 4) is 34.8 Å². The number of benzene rings is 2. The van der Waals surface area contributed by atoms with Crippen molar-refractivity contribution in [2.75, 3.05) is 28.4 Å². The van der Waals surface area contributed by atoms with Gasteiger partial charge >= 0.3 is 72.3 Å². The minimum absolute atomic E-state index is 0. The van der Waals surface area contributed by atoms with Gasteiger partial charge in [-0.05, 0) is 70.6 Å². The summed E-state index contributed by atoms with van der Waals surface area (Å²) in [6.45, 7) is -5.86. The molecule has 2 aromatic carbocycles. The van der Waals surface area contributed by atoms with E-state index in [2.05, 4.69) is 39.4 Å². The van der Waals surface area contributed by atoms with Crippen LogP contribution in [0.25, 0.3) is 22.1 Å². The number of halogens is 4. The van der Waals surface area contributed by atoms with Crippen molar-refractivity contribution in [1.82, 2.24) is 29.9 Å². The van der Waals surface area contributed by atoms with Gasteiger partial charge in [0.2, 0.25) is 0 Å². The summed E-state index contributed by atoms with van der Waals surface area (Å²) < 4.78 is 103. The molecule has 4 aromatic heterocycles. The molecule has 2 unspecified atom stereocenters. The quantitative estimate of drug-likeness (QED) is 0.0763. The van der Waals surface area contributed by atoms with Crippen molar-refractivity contribution in [1.29, 1.82) is 0 Å². The normalized spacial score (nSPS) is 11.3. The van der Waals surface area contributed by atoms with Gasteiger partial charge in [0.1, 0.15) is 11.5 Å². The predicted octanol–water partition coefficient (Wildman–Crippen LogP) is -3.44. The number of hydrogen-bond acceptors (Lipinski definition) is 12. The molecule has 57 heavy (non-hydrogen) atoms. The number of methoxy groups -OCH3 is 4. The summed E-state index contributed by atoms with van der Waals surface area (Å²) in [6, 6.07) is 15.0. The average Bonchev–Trinajstić information content (AvgIpc) is 3.75. The molecule has 25 heteroatoms. The number of aromatic nitrogens is 6. The van der Waals surface area contributed by atoms with Gasteiger partial charge in [-0.3, -0.25) is 8.42 Å². The number of rotatable bonds is 14. The summed E-state index contributed by atoms with van der Waals surface area (Å²) in [6.07, 6.45) is 0. The van der Waals surface area contributed by atoms with Crippen LogP contribution in [0.4, 0.5) is 17.6 Å². The molecule has 0 aliphatic carbocycles. The zero-order chi connectivity index (χ0) is 37.4. The molecular weight excluding hydrogens is 830 g/mol. The third-order valence-electron chi connectivity index (χ3n) is 6.77. The van der Waals surface area contributed by atoms with Gasteiger partial charge in [-0.2, -0.15) is 17.6 Å². The number of ether oxygens (including phenoxy) is 6. The first-order valence-corrected chi connectivity index (χ1v) is 17.3. The van der Waals surface area contributed by atoms with Crippen LogP contribution in [-0.2, 0) is 33.1 Å². The summed E-state index contributed by atoms with van der Waals surface area (Å²) in [5, 5.41) is 0.177. The first kappa shape index (κ1) is 53.4. The first-order chi connectivity index (χ1) is 25.0. The number of pyridine rings is 2. The largest absolute Gasteiger partial charge is 1.00 e. The van der Waals surface area contributed by atoms with Crippen molar-refractivity contribution in [3.05, 3.63) is 72.1 Å². The fourth-order valence-electron chi connectivity index (χ4n) is 4.49. The fourth-order valence-corrected chi connectivity index (χ4v) is 6.40. The standard InChI is InChI=1S/2C16H14F2N3O4S.2Na.3H2O/c2*1-23-13-6-3-9(19-14(13)24-2)8-26(22)16-20-11-5-4-10(25-15(17)18)7-12(11)21-16;;;;;/h2*3-7,15H,8H2,1-2H3;;;3*1H2/q2*-1;2*+1;;;. The number of alkyl halides is 4. The van der Waals surface area contributed by atoms with Crippen molar-refractivity contribution in [2.24, 2.45) is 0 Å². The Bertz CT molecular complexity index is 2070. The van der Waals surface area contributed by atoms with Crippen LogP contribution < -0.4 is 97.5 Å². The topological polar surface area (TPSA) is 264 Å². The Kier molecular flexibility index (Phi) is 23.4. The van der Waals surface area contributed by atoms with E-state index in [1.54, 1.807) is 24.3 Å². The van der Waals surface area contributed by atoms with Gasteiger partial charge in [0.25, 0.3) is 11.8 Å². The molecule has 2 atom stereocenters. The van der Waals surface area contributed by atoms with Gasteiger partial charge in [0.15, 0.2) is 11.5 Å². The molecule has 0 saturated heterocycles. The Morgan fingerprint density at radius 2 is 0.930 bits per heavy atom. The van der Waals surface area contributed by atoms with E-state index in [9.17, 15) is 26.0 Å². The van der Waals surface area contributed by atoms with Gasteiger partial charge in [0.05, 0.1) is 72.9 Å². The van der Waals surface area contributed by atoms with Crippen LogP contribution in [0.1, 0.15) is 11.4 Å². The Morgan fingerprint density at radius 1 is 0.561 bits per heavy atom. The Labute approximate surface area is 371 Å². The van der Waals surface area contributed by atoms with E-state index < -0.39 is 34.8 Å². The second kappa shape index (κ2) is 25.0. The smallest absolute Gasteiger partial charge is 0.491 e. The maximum absolute atomic E-state index is 12.5. The van der Waals surface area contributed by atoms with Crippen LogP contribution in [0.15, 0.2) is 71.0 Å². The molecule has 0 fully saturated rings. The first-order valence-electron chi connectivity index (χ1n) is 14.7. The van der Waals surface area contributed by atoms with Gasteiger partial charge in [0, 0.05) is 10.3 Å². The molecule has 0 saturated carbocycles. The maximum Gasteiger partial charge on any atom is 1.00 e. The Hall–Kier alpha value is -3.62. The zero-order valence-corrected chi connectivity index (χ0v) is 36.8. The van der Waals surface area contributed by atoms with E-state index in [-0.39, 0.29) is 121 Å². The van der Waals surface area contributed by atoms with Gasteiger partial charge in [-0.15, -0.1) is 0 Å². The minimum Gasteiger partial charge on any atom is -0.491 e. The van der Waals surface area contributed by atoms with Crippen LogP contribution >= 0.6 is 0 Å². The van der Waals surface area contributed by atoms with Crippen LogP contribution in [0.5, 0.6) is 34.8 Å². The molecule has 6 aromatic rings. The van der Waals surface area contributed by atoms with E-state index in [0.29, 0.717) is 45.0 Å². The van der Waals surface area contributed by atoms with Crippen molar-refractivity contribution < 1.29 is 130 Å². The molecule has 17 nitrogen and oxygen atoms in total. The van der Waals surface area contributed by atoms with Gasteiger partial charge in [-0.1, -0.05) is 12.1 Å². The van der Waals surface area contributed by atoms with Crippen LogP contribution in [0.2, 0.25) is 0 Å². The molecule has 0 spiro atoms. The third kappa shape index (κ3) is 14.3. The molecule has 0 bridgehead atoms. The predicted molar refractivity (Wildman–Crippen MR) is 189 cm³/mol.